The molecule has 1 heterocycles. The van der Waals surface area contributed by atoms with Gasteiger partial charge in [-0.2, -0.15) is 0 Å². The topological polar surface area (TPSA) is 75.4 Å². The van der Waals surface area contributed by atoms with Crippen molar-refractivity contribution in [2.45, 2.75) is 33.6 Å². The second-order valence-corrected chi connectivity index (χ2v) is 6.63. The van der Waals surface area contributed by atoms with Crippen LogP contribution in [-0.4, -0.2) is 36.3 Å². The van der Waals surface area contributed by atoms with E-state index in [1.54, 1.807) is 19.1 Å². The number of nitrogens with zero attached hydrogens (tertiary/aromatic N) is 1. The maximum atomic E-state index is 12.6. The number of hydrogen-bond donors (Lipinski definition) is 2. The van der Waals surface area contributed by atoms with E-state index in [2.05, 4.69) is 12.2 Å². The molecule has 1 unspecified atom stereocenters. The summed E-state index contributed by atoms with van der Waals surface area (Å²) < 4.78 is 0. The van der Waals surface area contributed by atoms with Gasteiger partial charge < -0.3 is 16.0 Å². The van der Waals surface area contributed by atoms with Gasteiger partial charge in [0.1, 0.15) is 0 Å². The summed E-state index contributed by atoms with van der Waals surface area (Å²) in [6, 6.07) is 5.44. The molecule has 0 bridgehead atoms. The molecule has 2 rings (SSSR count). The lowest BCUT2D eigenvalue weighted by atomic mass is 9.98. The third-order valence-corrected chi connectivity index (χ3v) is 4.60. The second kappa shape index (κ2) is 9.04. The van der Waals surface area contributed by atoms with Gasteiger partial charge in [0.25, 0.3) is 5.91 Å². The van der Waals surface area contributed by atoms with Crippen LogP contribution in [0.25, 0.3) is 0 Å². The van der Waals surface area contributed by atoms with Crippen molar-refractivity contribution in [3.8, 4) is 0 Å². The Morgan fingerprint density at radius 3 is 2.50 bits per heavy atom. The first-order chi connectivity index (χ1) is 10.9. The van der Waals surface area contributed by atoms with E-state index >= 15 is 0 Å². The number of aryl methyl sites for hydroxylation is 1. The molecule has 1 saturated heterocycles. The molecule has 1 fully saturated rings. The van der Waals surface area contributed by atoms with Crippen LogP contribution < -0.4 is 11.1 Å². The van der Waals surface area contributed by atoms with Gasteiger partial charge in [-0.3, -0.25) is 9.59 Å². The number of nitrogens with one attached hydrogen (secondary N) is 1. The van der Waals surface area contributed by atoms with Crippen molar-refractivity contribution in [1.29, 1.82) is 0 Å². The van der Waals surface area contributed by atoms with Gasteiger partial charge in [0.2, 0.25) is 5.91 Å². The normalized spacial score (nSPS) is 16.2. The summed E-state index contributed by atoms with van der Waals surface area (Å²) in [7, 11) is 0. The molecule has 1 aliphatic heterocycles. The lowest BCUT2D eigenvalue weighted by Crippen LogP contribution is -2.37. The first-order valence-electron chi connectivity index (χ1n) is 8.33. The van der Waals surface area contributed by atoms with E-state index < -0.39 is 0 Å². The fourth-order valence-electron chi connectivity index (χ4n) is 2.69. The van der Waals surface area contributed by atoms with E-state index in [-0.39, 0.29) is 30.1 Å². The van der Waals surface area contributed by atoms with Crippen LogP contribution in [0, 0.1) is 18.8 Å². The number of hydrogen-bond acceptors (Lipinski definition) is 3. The highest BCUT2D eigenvalue weighted by Gasteiger charge is 2.22. The van der Waals surface area contributed by atoms with Gasteiger partial charge >= 0.3 is 0 Å². The van der Waals surface area contributed by atoms with Gasteiger partial charge in [0, 0.05) is 36.8 Å². The van der Waals surface area contributed by atoms with E-state index in [9.17, 15) is 9.59 Å². The first-order valence-corrected chi connectivity index (χ1v) is 8.33. The van der Waals surface area contributed by atoms with Crippen LogP contribution in [-0.2, 0) is 4.79 Å². The number of likely N-dealkylation sites (tertiary alicyclic amines) is 1. The third kappa shape index (κ3) is 4.95. The van der Waals surface area contributed by atoms with Crippen molar-refractivity contribution in [3.05, 3.63) is 29.3 Å². The van der Waals surface area contributed by atoms with Crippen molar-refractivity contribution >= 4 is 29.9 Å². The largest absolute Gasteiger partial charge is 0.339 e. The number of benzene rings is 1. The van der Waals surface area contributed by atoms with E-state index in [4.69, 9.17) is 5.73 Å². The van der Waals surface area contributed by atoms with Crippen LogP contribution in [0.1, 0.15) is 42.6 Å². The monoisotopic (exact) mass is 353 g/mol. The summed E-state index contributed by atoms with van der Waals surface area (Å²) >= 11 is 0. The standard InChI is InChI=1S/C18H27N3O2.ClH/c1-12-6-8-21(9-7-12)18(23)15-4-5-16(13(2)10-15)20-17(22)14(3)11-19;/h4-5,10,12,14H,6-9,11,19H2,1-3H3,(H,20,22);1H. The van der Waals surface area contributed by atoms with Gasteiger partial charge in [-0.1, -0.05) is 13.8 Å². The minimum absolute atomic E-state index is 0. The molecule has 0 radical (unpaired) electrons. The van der Waals surface area contributed by atoms with Crippen molar-refractivity contribution < 1.29 is 9.59 Å². The maximum absolute atomic E-state index is 12.6. The summed E-state index contributed by atoms with van der Waals surface area (Å²) in [6.45, 7) is 7.88. The predicted octanol–water partition coefficient (Wildman–Crippen LogP) is 2.82. The van der Waals surface area contributed by atoms with Gasteiger partial charge in [-0.05, 0) is 49.4 Å². The number of carbonyl (C=O) groups excluding carboxylic acids is 2. The molecule has 0 aliphatic carbocycles. The van der Waals surface area contributed by atoms with Crippen molar-refractivity contribution in [3.63, 3.8) is 0 Å². The fourth-order valence-corrected chi connectivity index (χ4v) is 2.69. The zero-order valence-electron chi connectivity index (χ0n) is 14.7. The Hall–Kier alpha value is -1.59. The number of carbonyl (C=O) groups is 2. The molecular weight excluding hydrogens is 326 g/mol. The third-order valence-electron chi connectivity index (χ3n) is 4.60. The molecule has 6 heteroatoms. The molecule has 24 heavy (non-hydrogen) atoms. The molecule has 134 valence electrons. The lowest BCUT2D eigenvalue weighted by molar-refractivity contribution is -0.119. The Morgan fingerprint density at radius 1 is 1.33 bits per heavy atom. The number of amides is 2. The van der Waals surface area contributed by atoms with Crippen LogP contribution in [0.4, 0.5) is 5.69 Å². The Labute approximate surface area is 150 Å². The van der Waals surface area contributed by atoms with Crippen molar-refractivity contribution in [2.75, 3.05) is 25.0 Å². The van der Waals surface area contributed by atoms with Gasteiger partial charge in [-0.25, -0.2) is 0 Å². The highest BCUT2D eigenvalue weighted by molar-refractivity contribution is 5.97. The summed E-state index contributed by atoms with van der Waals surface area (Å²) in [4.78, 5) is 26.4. The van der Waals surface area contributed by atoms with Gasteiger partial charge in [0.05, 0.1) is 0 Å². The minimum Gasteiger partial charge on any atom is -0.339 e. The Kier molecular flexibility index (Phi) is 7.70. The number of piperidine rings is 1. The summed E-state index contributed by atoms with van der Waals surface area (Å²) in [5.74, 6) is 0.446. The highest BCUT2D eigenvalue weighted by atomic mass is 35.5. The fraction of sp³-hybridized carbons (Fsp3) is 0.556. The quantitative estimate of drug-likeness (QED) is 0.873. The molecule has 2 amide bonds. The Morgan fingerprint density at radius 2 is 1.96 bits per heavy atom. The first kappa shape index (κ1) is 20.5. The summed E-state index contributed by atoms with van der Waals surface area (Å²) in [5, 5.41) is 2.87. The zero-order valence-corrected chi connectivity index (χ0v) is 15.5. The van der Waals surface area contributed by atoms with Crippen LogP contribution in [0.5, 0.6) is 0 Å². The van der Waals surface area contributed by atoms with Crippen LogP contribution in [0.15, 0.2) is 18.2 Å². The molecule has 1 atom stereocenters. The molecule has 0 saturated carbocycles. The number of anilines is 1. The Balaban J connectivity index is 0.00000288. The number of rotatable bonds is 4. The maximum Gasteiger partial charge on any atom is 0.253 e. The van der Waals surface area contributed by atoms with E-state index in [1.807, 2.05) is 17.9 Å². The Bertz CT molecular complexity index is 584. The molecule has 0 spiro atoms. The average molecular weight is 354 g/mol. The van der Waals surface area contributed by atoms with Gasteiger partial charge in [-0.15, -0.1) is 12.4 Å². The second-order valence-electron chi connectivity index (χ2n) is 6.63. The molecular formula is C18H28ClN3O2. The van der Waals surface area contributed by atoms with Crippen molar-refractivity contribution in [2.24, 2.45) is 17.6 Å². The summed E-state index contributed by atoms with van der Waals surface area (Å²) in [5.41, 5.74) is 7.82. The average Bonchev–Trinajstić information content (AvgIpc) is 2.55. The minimum atomic E-state index is -0.231. The SMILES string of the molecule is Cc1cc(C(=O)N2CCC(C)CC2)ccc1NC(=O)C(C)CN.Cl. The highest BCUT2D eigenvalue weighted by Crippen LogP contribution is 2.21. The molecule has 3 N–H and O–H groups in total. The number of halogens is 1. The molecule has 1 aliphatic rings. The van der Waals surface area contributed by atoms with E-state index in [0.29, 0.717) is 18.0 Å². The van der Waals surface area contributed by atoms with Crippen LogP contribution in [0.2, 0.25) is 0 Å². The smallest absolute Gasteiger partial charge is 0.253 e. The van der Waals surface area contributed by atoms with Crippen LogP contribution in [0.3, 0.4) is 0 Å². The van der Waals surface area contributed by atoms with E-state index in [1.165, 1.54) is 0 Å². The van der Waals surface area contributed by atoms with Crippen molar-refractivity contribution in [1.82, 2.24) is 4.90 Å². The summed E-state index contributed by atoms with van der Waals surface area (Å²) in [6.07, 6.45) is 2.13. The van der Waals surface area contributed by atoms with Crippen LogP contribution >= 0.6 is 12.4 Å². The molecule has 0 aromatic heterocycles. The zero-order chi connectivity index (χ0) is 17.0. The molecule has 1 aromatic rings. The number of nitrogens with two attached hydrogens (primary N) is 1. The molecule has 1 aromatic carbocycles. The predicted molar refractivity (Wildman–Crippen MR) is 99.6 cm³/mol. The molecule has 5 nitrogen and oxygen atoms in total. The lowest BCUT2D eigenvalue weighted by Gasteiger charge is -2.30. The van der Waals surface area contributed by atoms with E-state index in [0.717, 1.165) is 37.2 Å². The van der Waals surface area contributed by atoms with Gasteiger partial charge in [0.15, 0.2) is 0 Å².